The molecular formula is C19H30N2O4S. The third-order valence-corrected chi connectivity index (χ3v) is 6.59. The summed E-state index contributed by atoms with van der Waals surface area (Å²) >= 11 is 0. The number of rotatable bonds is 9. The summed E-state index contributed by atoms with van der Waals surface area (Å²) in [5.41, 5.74) is 0. The van der Waals surface area contributed by atoms with Crippen LogP contribution in [0.3, 0.4) is 0 Å². The third kappa shape index (κ3) is 5.99. The Labute approximate surface area is 157 Å². The van der Waals surface area contributed by atoms with E-state index in [4.69, 9.17) is 4.74 Å². The van der Waals surface area contributed by atoms with Crippen molar-refractivity contribution in [3.05, 3.63) is 24.3 Å². The van der Waals surface area contributed by atoms with Crippen molar-refractivity contribution in [2.45, 2.75) is 50.8 Å². The van der Waals surface area contributed by atoms with E-state index in [9.17, 15) is 13.2 Å². The maximum Gasteiger partial charge on any atom is 0.257 e. The van der Waals surface area contributed by atoms with E-state index in [1.807, 2.05) is 0 Å². The van der Waals surface area contributed by atoms with Gasteiger partial charge >= 0.3 is 0 Å². The Morgan fingerprint density at radius 1 is 1.19 bits per heavy atom. The third-order valence-electron chi connectivity index (χ3n) is 4.68. The molecule has 146 valence electrons. The number of ether oxygens (including phenoxy) is 1. The van der Waals surface area contributed by atoms with Crippen LogP contribution in [0.5, 0.6) is 5.75 Å². The monoisotopic (exact) mass is 382 g/mol. The minimum Gasteiger partial charge on any atom is -0.484 e. The molecule has 2 rings (SSSR count). The van der Waals surface area contributed by atoms with Crippen molar-refractivity contribution in [3.63, 3.8) is 0 Å². The molecule has 1 amide bonds. The number of nitrogens with zero attached hydrogens (tertiary/aromatic N) is 1. The second-order valence-electron chi connectivity index (χ2n) is 6.90. The second kappa shape index (κ2) is 9.92. The lowest BCUT2D eigenvalue weighted by Crippen LogP contribution is -2.37. The molecule has 1 saturated heterocycles. The van der Waals surface area contributed by atoms with Crippen molar-refractivity contribution in [1.82, 2.24) is 9.62 Å². The Bertz CT molecular complexity index is 665. The zero-order valence-corrected chi connectivity index (χ0v) is 16.6. The van der Waals surface area contributed by atoms with Gasteiger partial charge in [0.05, 0.1) is 4.90 Å². The van der Waals surface area contributed by atoms with Crippen molar-refractivity contribution in [2.75, 3.05) is 26.2 Å². The Morgan fingerprint density at radius 3 is 2.46 bits per heavy atom. The summed E-state index contributed by atoms with van der Waals surface area (Å²) in [5, 5.41) is 2.80. The van der Waals surface area contributed by atoms with Crippen LogP contribution in [0, 0.1) is 5.92 Å². The van der Waals surface area contributed by atoms with Gasteiger partial charge in [0.1, 0.15) is 5.75 Å². The Kier molecular flexibility index (Phi) is 7.90. The summed E-state index contributed by atoms with van der Waals surface area (Å²) in [7, 11) is -3.45. The zero-order chi connectivity index (χ0) is 19.0. The first-order valence-electron chi connectivity index (χ1n) is 9.43. The minimum absolute atomic E-state index is 0.0672. The number of carbonyl (C=O) groups excluding carboxylic acids is 1. The molecule has 0 aromatic heterocycles. The van der Waals surface area contributed by atoms with Gasteiger partial charge in [0.2, 0.25) is 10.0 Å². The lowest BCUT2D eigenvalue weighted by atomic mass is 10.0. The maximum absolute atomic E-state index is 12.7. The Hall–Kier alpha value is -1.60. The SMILES string of the molecule is CCCCCNC(=O)COc1ccc(S(=O)(=O)N2CCC(C)CC2)cc1. The summed E-state index contributed by atoms with van der Waals surface area (Å²) < 4.78 is 32.3. The molecule has 0 unspecified atom stereocenters. The standard InChI is InChI=1S/C19H30N2O4S/c1-3-4-5-12-20-19(22)15-25-17-6-8-18(9-7-17)26(23,24)21-13-10-16(2)11-14-21/h6-9,16H,3-5,10-15H2,1-2H3,(H,20,22). The van der Waals surface area contributed by atoms with Gasteiger partial charge in [-0.1, -0.05) is 26.7 Å². The highest BCUT2D eigenvalue weighted by atomic mass is 32.2. The number of nitrogens with one attached hydrogen (secondary N) is 1. The minimum atomic E-state index is -3.45. The number of unbranched alkanes of at least 4 members (excludes halogenated alkanes) is 2. The van der Waals surface area contributed by atoms with Crippen LogP contribution in [0.25, 0.3) is 0 Å². The van der Waals surface area contributed by atoms with Gasteiger partial charge in [-0.25, -0.2) is 8.42 Å². The van der Waals surface area contributed by atoms with Crippen molar-refractivity contribution in [2.24, 2.45) is 5.92 Å². The molecule has 0 atom stereocenters. The van der Waals surface area contributed by atoms with Gasteiger partial charge in [0, 0.05) is 19.6 Å². The number of sulfonamides is 1. The topological polar surface area (TPSA) is 75.7 Å². The highest BCUT2D eigenvalue weighted by Gasteiger charge is 2.27. The molecule has 0 saturated carbocycles. The first-order chi connectivity index (χ1) is 12.4. The fourth-order valence-corrected chi connectivity index (χ4v) is 4.35. The molecule has 1 aliphatic heterocycles. The van der Waals surface area contributed by atoms with E-state index in [-0.39, 0.29) is 17.4 Å². The van der Waals surface area contributed by atoms with Crippen LogP contribution in [-0.2, 0) is 14.8 Å². The van der Waals surface area contributed by atoms with Crippen molar-refractivity contribution >= 4 is 15.9 Å². The maximum atomic E-state index is 12.7. The molecule has 1 aromatic carbocycles. The molecule has 0 radical (unpaired) electrons. The number of hydrogen-bond donors (Lipinski definition) is 1. The predicted molar refractivity (Wildman–Crippen MR) is 102 cm³/mol. The highest BCUT2D eigenvalue weighted by Crippen LogP contribution is 2.24. The molecule has 1 aliphatic rings. The molecule has 0 aliphatic carbocycles. The number of carbonyl (C=O) groups is 1. The molecule has 1 fully saturated rings. The van der Waals surface area contributed by atoms with Gasteiger partial charge < -0.3 is 10.1 Å². The smallest absolute Gasteiger partial charge is 0.257 e. The molecule has 6 nitrogen and oxygen atoms in total. The molecular weight excluding hydrogens is 352 g/mol. The first-order valence-corrected chi connectivity index (χ1v) is 10.9. The van der Waals surface area contributed by atoms with E-state index in [2.05, 4.69) is 19.2 Å². The van der Waals surface area contributed by atoms with E-state index in [0.717, 1.165) is 32.1 Å². The van der Waals surface area contributed by atoms with Crippen LogP contribution in [-0.4, -0.2) is 44.9 Å². The highest BCUT2D eigenvalue weighted by molar-refractivity contribution is 7.89. The van der Waals surface area contributed by atoms with Crippen LogP contribution >= 0.6 is 0 Å². The average Bonchev–Trinajstić information content (AvgIpc) is 2.64. The van der Waals surface area contributed by atoms with Crippen LogP contribution in [0.1, 0.15) is 46.0 Å². The fourth-order valence-electron chi connectivity index (χ4n) is 2.88. The molecule has 0 spiro atoms. The Balaban J connectivity index is 1.84. The summed E-state index contributed by atoms with van der Waals surface area (Å²) in [6, 6.07) is 6.29. The normalized spacial score (nSPS) is 16.4. The van der Waals surface area contributed by atoms with Gasteiger partial charge in [0.15, 0.2) is 6.61 Å². The summed E-state index contributed by atoms with van der Waals surface area (Å²) in [4.78, 5) is 12.0. The second-order valence-corrected chi connectivity index (χ2v) is 8.84. The van der Waals surface area contributed by atoms with E-state index in [1.165, 1.54) is 0 Å². The van der Waals surface area contributed by atoms with Crippen LogP contribution in [0.15, 0.2) is 29.2 Å². The lowest BCUT2D eigenvalue weighted by Gasteiger charge is -2.29. The Morgan fingerprint density at radius 2 is 1.85 bits per heavy atom. The predicted octanol–water partition coefficient (Wildman–Crippen LogP) is 2.79. The van der Waals surface area contributed by atoms with Crippen molar-refractivity contribution in [3.8, 4) is 5.75 Å². The van der Waals surface area contributed by atoms with Crippen molar-refractivity contribution < 1.29 is 17.9 Å². The lowest BCUT2D eigenvalue weighted by molar-refractivity contribution is -0.123. The van der Waals surface area contributed by atoms with E-state index >= 15 is 0 Å². The van der Waals surface area contributed by atoms with Crippen LogP contribution in [0.2, 0.25) is 0 Å². The van der Waals surface area contributed by atoms with Crippen LogP contribution in [0.4, 0.5) is 0 Å². The molecule has 26 heavy (non-hydrogen) atoms. The van der Waals surface area contributed by atoms with Crippen molar-refractivity contribution in [1.29, 1.82) is 0 Å². The number of amides is 1. The molecule has 1 heterocycles. The number of benzene rings is 1. The van der Waals surface area contributed by atoms with Gasteiger partial charge in [-0.3, -0.25) is 4.79 Å². The molecule has 1 aromatic rings. The van der Waals surface area contributed by atoms with Gasteiger partial charge in [-0.05, 0) is 49.4 Å². The summed E-state index contributed by atoms with van der Waals surface area (Å²) in [6.45, 7) is 5.99. The summed E-state index contributed by atoms with van der Waals surface area (Å²) in [5.74, 6) is 0.894. The zero-order valence-electron chi connectivity index (χ0n) is 15.7. The molecule has 0 bridgehead atoms. The number of piperidine rings is 1. The summed E-state index contributed by atoms with van der Waals surface area (Å²) in [6.07, 6.45) is 4.96. The van der Waals surface area contributed by atoms with Gasteiger partial charge in [0.25, 0.3) is 5.91 Å². The fraction of sp³-hybridized carbons (Fsp3) is 0.632. The largest absolute Gasteiger partial charge is 0.484 e. The quantitative estimate of drug-likeness (QED) is 0.667. The molecule has 1 N–H and O–H groups in total. The molecule has 7 heteroatoms. The van der Waals surface area contributed by atoms with Gasteiger partial charge in [-0.2, -0.15) is 4.31 Å². The van der Waals surface area contributed by atoms with E-state index < -0.39 is 10.0 Å². The first kappa shape index (κ1) is 20.7. The van der Waals surface area contributed by atoms with Gasteiger partial charge in [-0.15, -0.1) is 0 Å². The van der Waals surface area contributed by atoms with E-state index in [1.54, 1.807) is 28.6 Å². The number of hydrogen-bond acceptors (Lipinski definition) is 4. The average molecular weight is 383 g/mol. The van der Waals surface area contributed by atoms with E-state index in [0.29, 0.717) is 31.3 Å². The van der Waals surface area contributed by atoms with Crippen LogP contribution < -0.4 is 10.1 Å².